The smallest absolute Gasteiger partial charge is 0.272 e. The van der Waals surface area contributed by atoms with Crippen molar-refractivity contribution in [2.45, 2.75) is 19.0 Å². The number of amides is 3. The molecule has 3 N–H and O–H groups in total. The van der Waals surface area contributed by atoms with Crippen LogP contribution >= 0.6 is 23.2 Å². The molecule has 0 bridgehead atoms. The molecule has 0 unspecified atom stereocenters. The number of carbonyl (C=O) groups is 3. The highest BCUT2D eigenvalue weighted by Crippen LogP contribution is 2.27. The van der Waals surface area contributed by atoms with Gasteiger partial charge in [-0.3, -0.25) is 14.4 Å². The highest BCUT2D eigenvalue weighted by Gasteiger charge is 2.30. The molecule has 178 valence electrons. The molecular formula is C26H22Cl2N4O3. The number of primary amides is 1. The Labute approximate surface area is 212 Å². The number of benzodiazepines with no additional fused rings is 1. The topological polar surface area (TPSA) is 105 Å². The van der Waals surface area contributed by atoms with E-state index < -0.39 is 12.1 Å². The molecule has 1 heterocycles. The molecule has 1 atom stereocenters. The van der Waals surface area contributed by atoms with Crippen molar-refractivity contribution in [3.63, 3.8) is 0 Å². The van der Waals surface area contributed by atoms with Crippen LogP contribution in [0.4, 0.5) is 5.69 Å². The van der Waals surface area contributed by atoms with Gasteiger partial charge in [-0.1, -0.05) is 59.6 Å². The molecule has 0 saturated carbocycles. The van der Waals surface area contributed by atoms with Gasteiger partial charge in [0.05, 0.1) is 21.4 Å². The van der Waals surface area contributed by atoms with E-state index in [1.54, 1.807) is 49.5 Å². The SMILES string of the molecule is CN1C(=O)[C@H](NC(=O)CCc2ccc(Cl)c(Cl)c2)N=C(c2ccc(C(N)=O)cc2)c2ccccc21. The quantitative estimate of drug-likeness (QED) is 0.525. The number of likely N-dealkylation sites (N-methyl/N-ethyl adjacent to an activating group) is 1. The van der Waals surface area contributed by atoms with Gasteiger partial charge in [0.25, 0.3) is 5.91 Å². The zero-order valence-electron chi connectivity index (χ0n) is 18.8. The predicted molar refractivity (Wildman–Crippen MR) is 137 cm³/mol. The van der Waals surface area contributed by atoms with Crippen molar-refractivity contribution in [3.8, 4) is 0 Å². The first kappa shape index (κ1) is 24.4. The van der Waals surface area contributed by atoms with Gasteiger partial charge in [0, 0.05) is 30.2 Å². The van der Waals surface area contributed by atoms with Crippen LogP contribution in [-0.4, -0.2) is 36.6 Å². The molecule has 0 saturated heterocycles. The summed E-state index contributed by atoms with van der Waals surface area (Å²) in [6.07, 6.45) is -0.568. The Kier molecular flexibility index (Phi) is 7.19. The normalized spacial score (nSPS) is 15.2. The van der Waals surface area contributed by atoms with E-state index in [2.05, 4.69) is 10.3 Å². The zero-order valence-corrected chi connectivity index (χ0v) is 20.3. The average molecular weight is 509 g/mol. The number of halogens is 2. The van der Waals surface area contributed by atoms with Gasteiger partial charge < -0.3 is 16.0 Å². The lowest BCUT2D eigenvalue weighted by molar-refractivity contribution is -0.127. The molecule has 0 aromatic heterocycles. The Morgan fingerprint density at radius 2 is 1.74 bits per heavy atom. The molecule has 9 heteroatoms. The third-order valence-electron chi connectivity index (χ3n) is 5.71. The van der Waals surface area contributed by atoms with E-state index in [0.29, 0.717) is 39.0 Å². The molecule has 0 spiro atoms. The summed E-state index contributed by atoms with van der Waals surface area (Å²) in [7, 11) is 1.64. The first-order valence-corrected chi connectivity index (χ1v) is 11.6. The summed E-state index contributed by atoms with van der Waals surface area (Å²) >= 11 is 12.0. The molecule has 3 amide bonds. The summed E-state index contributed by atoms with van der Waals surface area (Å²) in [6.45, 7) is 0. The number of nitrogens with zero attached hydrogens (tertiary/aromatic N) is 2. The molecule has 0 aliphatic carbocycles. The molecule has 0 fully saturated rings. The number of aryl methyl sites for hydroxylation is 1. The summed E-state index contributed by atoms with van der Waals surface area (Å²) in [5.74, 6) is -1.24. The number of rotatable bonds is 6. The van der Waals surface area contributed by atoms with E-state index in [-0.39, 0.29) is 18.2 Å². The summed E-state index contributed by atoms with van der Waals surface area (Å²) in [5.41, 5.74) is 9.15. The minimum absolute atomic E-state index is 0.135. The van der Waals surface area contributed by atoms with Gasteiger partial charge in [-0.05, 0) is 42.3 Å². The lowest BCUT2D eigenvalue weighted by Gasteiger charge is -2.20. The highest BCUT2D eigenvalue weighted by molar-refractivity contribution is 6.42. The largest absolute Gasteiger partial charge is 0.366 e. The summed E-state index contributed by atoms with van der Waals surface area (Å²) in [6, 6.07) is 19.2. The van der Waals surface area contributed by atoms with Crippen LogP contribution in [0.25, 0.3) is 0 Å². The number of hydrogen-bond acceptors (Lipinski definition) is 4. The monoisotopic (exact) mass is 508 g/mol. The van der Waals surface area contributed by atoms with E-state index in [9.17, 15) is 14.4 Å². The Balaban J connectivity index is 1.62. The Hall–Kier alpha value is -3.68. The molecule has 3 aromatic rings. The van der Waals surface area contributed by atoms with Crippen LogP contribution in [0.3, 0.4) is 0 Å². The van der Waals surface area contributed by atoms with Crippen molar-refractivity contribution < 1.29 is 14.4 Å². The number of carbonyl (C=O) groups excluding carboxylic acids is 3. The first-order chi connectivity index (χ1) is 16.7. The number of anilines is 1. The van der Waals surface area contributed by atoms with E-state index in [0.717, 1.165) is 11.1 Å². The van der Waals surface area contributed by atoms with Gasteiger partial charge >= 0.3 is 0 Å². The van der Waals surface area contributed by atoms with Crippen LogP contribution in [-0.2, 0) is 16.0 Å². The molecule has 1 aliphatic heterocycles. The minimum atomic E-state index is -1.13. The number of nitrogens with one attached hydrogen (secondary N) is 1. The molecule has 35 heavy (non-hydrogen) atoms. The van der Waals surface area contributed by atoms with Crippen LogP contribution in [0.1, 0.15) is 33.5 Å². The third kappa shape index (κ3) is 5.37. The maximum absolute atomic E-state index is 13.2. The first-order valence-electron chi connectivity index (χ1n) is 10.8. The van der Waals surface area contributed by atoms with E-state index in [1.807, 2.05) is 24.3 Å². The van der Waals surface area contributed by atoms with Gasteiger partial charge in [0.2, 0.25) is 18.0 Å². The van der Waals surface area contributed by atoms with Gasteiger partial charge in [-0.2, -0.15) is 0 Å². The maximum Gasteiger partial charge on any atom is 0.272 e. The Morgan fingerprint density at radius 1 is 1.03 bits per heavy atom. The van der Waals surface area contributed by atoms with E-state index in [4.69, 9.17) is 28.9 Å². The van der Waals surface area contributed by atoms with Crippen molar-refractivity contribution >= 4 is 52.3 Å². The number of hydrogen-bond donors (Lipinski definition) is 2. The Bertz CT molecular complexity index is 1340. The van der Waals surface area contributed by atoms with Crippen molar-refractivity contribution in [2.75, 3.05) is 11.9 Å². The second kappa shape index (κ2) is 10.3. The second-order valence-electron chi connectivity index (χ2n) is 8.05. The Morgan fingerprint density at radius 3 is 2.43 bits per heavy atom. The van der Waals surface area contributed by atoms with Gasteiger partial charge in [0.15, 0.2) is 0 Å². The van der Waals surface area contributed by atoms with Gasteiger partial charge in [-0.15, -0.1) is 0 Å². The van der Waals surface area contributed by atoms with Crippen molar-refractivity contribution in [2.24, 2.45) is 10.7 Å². The molecule has 3 aromatic carbocycles. The lowest BCUT2D eigenvalue weighted by atomic mass is 9.99. The summed E-state index contributed by atoms with van der Waals surface area (Å²) < 4.78 is 0. The number of aliphatic imine (C=N–C) groups is 1. The number of fused-ring (bicyclic) bond motifs is 1. The van der Waals surface area contributed by atoms with Crippen LogP contribution < -0.4 is 16.0 Å². The number of nitrogens with two attached hydrogens (primary N) is 1. The average Bonchev–Trinajstić information content (AvgIpc) is 2.95. The molecule has 0 radical (unpaired) electrons. The summed E-state index contributed by atoms with van der Waals surface area (Å²) in [5, 5.41) is 3.61. The van der Waals surface area contributed by atoms with Crippen LogP contribution in [0.5, 0.6) is 0 Å². The van der Waals surface area contributed by atoms with E-state index in [1.165, 1.54) is 4.90 Å². The van der Waals surface area contributed by atoms with E-state index >= 15 is 0 Å². The fourth-order valence-corrected chi connectivity index (χ4v) is 4.14. The van der Waals surface area contributed by atoms with Crippen LogP contribution in [0.2, 0.25) is 10.0 Å². The molecular weight excluding hydrogens is 487 g/mol. The predicted octanol–water partition coefficient (Wildman–Crippen LogP) is 3.98. The maximum atomic E-state index is 13.2. The molecule has 1 aliphatic rings. The van der Waals surface area contributed by atoms with Gasteiger partial charge in [0.1, 0.15) is 0 Å². The third-order valence-corrected chi connectivity index (χ3v) is 6.45. The molecule has 4 rings (SSSR count). The second-order valence-corrected chi connectivity index (χ2v) is 8.87. The summed E-state index contributed by atoms with van der Waals surface area (Å²) in [4.78, 5) is 43.6. The fraction of sp³-hybridized carbons (Fsp3) is 0.154. The fourth-order valence-electron chi connectivity index (χ4n) is 3.82. The minimum Gasteiger partial charge on any atom is -0.366 e. The van der Waals surface area contributed by atoms with Crippen LogP contribution in [0, 0.1) is 0 Å². The van der Waals surface area contributed by atoms with Crippen molar-refractivity contribution in [1.29, 1.82) is 0 Å². The zero-order chi connectivity index (χ0) is 25.1. The molecule has 7 nitrogen and oxygen atoms in total. The van der Waals surface area contributed by atoms with Crippen LogP contribution in [0.15, 0.2) is 71.7 Å². The van der Waals surface area contributed by atoms with Crippen molar-refractivity contribution in [1.82, 2.24) is 5.32 Å². The van der Waals surface area contributed by atoms with Crippen molar-refractivity contribution in [3.05, 3.63) is 99.0 Å². The van der Waals surface area contributed by atoms with Gasteiger partial charge in [-0.25, -0.2) is 4.99 Å². The highest BCUT2D eigenvalue weighted by atomic mass is 35.5. The lowest BCUT2D eigenvalue weighted by Crippen LogP contribution is -2.46. The number of benzene rings is 3. The standard InChI is InChI=1S/C26H22Cl2N4O3/c1-32-21-5-3-2-4-18(21)23(16-8-10-17(11-9-16)24(29)34)31-25(26(32)35)30-22(33)13-7-15-6-12-19(27)20(28)14-15/h2-6,8-12,14,25H,7,13H2,1H3,(H2,29,34)(H,30,33)/t25-/m1/s1. The number of para-hydroxylation sites is 1.